The van der Waals surface area contributed by atoms with E-state index >= 15 is 0 Å². The molecule has 4 aromatic rings. The summed E-state index contributed by atoms with van der Waals surface area (Å²) in [5.74, 6) is -0.874. The van der Waals surface area contributed by atoms with Gasteiger partial charge in [0.15, 0.2) is 0 Å². The van der Waals surface area contributed by atoms with Crippen molar-refractivity contribution in [1.29, 1.82) is 0 Å². The monoisotopic (exact) mass is 691 g/mol. The Balaban J connectivity index is 1.59. The first kappa shape index (κ1) is 34.5. The van der Waals surface area contributed by atoms with Crippen molar-refractivity contribution in [2.75, 3.05) is 10.8 Å². The van der Waals surface area contributed by atoms with Crippen LogP contribution >= 0.6 is 23.2 Å². The third-order valence-corrected chi connectivity index (χ3v) is 11.0. The zero-order valence-corrected chi connectivity index (χ0v) is 28.9. The average molecular weight is 693 g/mol. The Bertz CT molecular complexity index is 1790. The van der Waals surface area contributed by atoms with Gasteiger partial charge in [0.05, 0.1) is 10.6 Å². The van der Waals surface area contributed by atoms with Gasteiger partial charge in [0.1, 0.15) is 12.6 Å². The van der Waals surface area contributed by atoms with Crippen LogP contribution in [-0.2, 0) is 32.6 Å². The fourth-order valence-electron chi connectivity index (χ4n) is 5.92. The van der Waals surface area contributed by atoms with E-state index in [0.29, 0.717) is 21.3 Å². The smallest absolute Gasteiger partial charge is 0.264 e. The fraction of sp³-hybridized carbons (Fsp3) is 0.297. The van der Waals surface area contributed by atoms with Crippen LogP contribution < -0.4 is 9.62 Å². The summed E-state index contributed by atoms with van der Waals surface area (Å²) in [6.07, 6.45) is 3.99. The molecule has 0 saturated heterocycles. The second-order valence-corrected chi connectivity index (χ2v) is 14.8. The number of hydrogen-bond acceptors (Lipinski definition) is 4. The van der Waals surface area contributed by atoms with Gasteiger partial charge < -0.3 is 10.2 Å². The fourth-order valence-corrected chi connectivity index (χ4v) is 7.85. The zero-order valence-electron chi connectivity index (χ0n) is 26.5. The van der Waals surface area contributed by atoms with Gasteiger partial charge in [-0.05, 0) is 74.2 Å². The Morgan fingerprint density at radius 1 is 0.830 bits per heavy atom. The van der Waals surface area contributed by atoms with Gasteiger partial charge in [-0.15, -0.1) is 0 Å². The van der Waals surface area contributed by atoms with Crippen molar-refractivity contribution < 1.29 is 18.0 Å². The summed E-state index contributed by atoms with van der Waals surface area (Å²) < 4.78 is 29.6. The van der Waals surface area contributed by atoms with Crippen LogP contribution in [0.3, 0.4) is 0 Å². The Labute approximate surface area is 287 Å². The third-order valence-electron chi connectivity index (χ3n) is 8.54. The van der Waals surface area contributed by atoms with E-state index in [2.05, 4.69) is 5.32 Å². The molecule has 10 heteroatoms. The number of halogens is 2. The highest BCUT2D eigenvalue weighted by Crippen LogP contribution is 2.30. The SMILES string of the molecule is Cc1ccc(S(=O)(=O)N(CC(=O)N(Cc2c(Cl)cccc2Cl)C(Cc2ccccc2)C(=O)NC2CCCC2)c2cccc(C)c2)cc1. The summed E-state index contributed by atoms with van der Waals surface area (Å²) in [6, 6.07) is 27.1. The Morgan fingerprint density at radius 2 is 1.47 bits per heavy atom. The van der Waals surface area contributed by atoms with Crippen molar-refractivity contribution >= 4 is 50.7 Å². The molecule has 47 heavy (non-hydrogen) atoms. The van der Waals surface area contributed by atoms with Gasteiger partial charge in [0.25, 0.3) is 10.0 Å². The quantitative estimate of drug-likeness (QED) is 0.167. The molecule has 2 amide bonds. The molecule has 5 rings (SSSR count). The zero-order chi connectivity index (χ0) is 33.6. The first-order valence-electron chi connectivity index (χ1n) is 15.8. The van der Waals surface area contributed by atoms with E-state index in [4.69, 9.17) is 23.2 Å². The van der Waals surface area contributed by atoms with Crippen LogP contribution in [0.1, 0.15) is 47.9 Å². The molecule has 1 fully saturated rings. The third kappa shape index (κ3) is 8.55. The molecule has 1 aliphatic rings. The molecule has 0 aliphatic heterocycles. The van der Waals surface area contributed by atoms with E-state index in [0.717, 1.165) is 46.7 Å². The minimum Gasteiger partial charge on any atom is -0.352 e. The van der Waals surface area contributed by atoms with Gasteiger partial charge >= 0.3 is 0 Å². The molecule has 1 aliphatic carbocycles. The van der Waals surface area contributed by atoms with Gasteiger partial charge in [-0.1, -0.05) is 102 Å². The summed E-state index contributed by atoms with van der Waals surface area (Å²) in [5.41, 5.74) is 3.40. The summed E-state index contributed by atoms with van der Waals surface area (Å²) in [6.45, 7) is 3.08. The predicted molar refractivity (Wildman–Crippen MR) is 188 cm³/mol. The van der Waals surface area contributed by atoms with E-state index in [9.17, 15) is 18.0 Å². The lowest BCUT2D eigenvalue weighted by Gasteiger charge is -2.34. The number of carbonyl (C=O) groups excluding carboxylic acids is 2. The summed E-state index contributed by atoms with van der Waals surface area (Å²) >= 11 is 13.2. The highest BCUT2D eigenvalue weighted by Gasteiger charge is 2.36. The van der Waals surface area contributed by atoms with Crippen LogP contribution in [0.15, 0.2) is 102 Å². The molecule has 4 aromatic carbocycles. The van der Waals surface area contributed by atoms with E-state index in [1.807, 2.05) is 50.2 Å². The van der Waals surface area contributed by atoms with Crippen LogP contribution in [0.2, 0.25) is 10.0 Å². The average Bonchev–Trinajstić information content (AvgIpc) is 3.56. The number of sulfonamides is 1. The van der Waals surface area contributed by atoms with Crippen LogP contribution in [0, 0.1) is 13.8 Å². The van der Waals surface area contributed by atoms with Crippen LogP contribution in [-0.4, -0.2) is 43.8 Å². The van der Waals surface area contributed by atoms with Crippen molar-refractivity contribution in [2.45, 2.75) is 69.5 Å². The van der Waals surface area contributed by atoms with E-state index < -0.39 is 28.5 Å². The van der Waals surface area contributed by atoms with Gasteiger partial charge in [-0.2, -0.15) is 0 Å². The van der Waals surface area contributed by atoms with Gasteiger partial charge in [-0.25, -0.2) is 8.42 Å². The number of hydrogen-bond donors (Lipinski definition) is 1. The number of carbonyl (C=O) groups is 2. The number of nitrogens with zero attached hydrogens (tertiary/aromatic N) is 2. The summed E-state index contributed by atoms with van der Waals surface area (Å²) in [7, 11) is -4.20. The number of rotatable bonds is 12. The van der Waals surface area contributed by atoms with Gasteiger partial charge in [0, 0.05) is 34.6 Å². The molecule has 1 N–H and O–H groups in total. The standard InChI is InChI=1S/C37H39Cl2N3O4S/c1-26-18-20-31(21-19-26)47(45,46)42(30-15-8-10-27(2)22-30)25-36(43)41(24-32-33(38)16-9-17-34(32)39)35(23-28-11-4-3-5-12-28)37(44)40-29-13-6-7-14-29/h3-5,8-12,15-22,29,35H,6-7,13-14,23-25H2,1-2H3,(H,40,44). The van der Waals surface area contributed by atoms with Crippen molar-refractivity contribution in [3.05, 3.63) is 129 Å². The molecule has 1 atom stereocenters. The first-order valence-corrected chi connectivity index (χ1v) is 18.0. The molecule has 0 spiro atoms. The number of anilines is 1. The van der Waals surface area contributed by atoms with Crippen LogP contribution in [0.25, 0.3) is 0 Å². The minimum atomic E-state index is -4.20. The molecule has 0 radical (unpaired) electrons. The molecular formula is C37H39Cl2N3O4S. The van der Waals surface area contributed by atoms with E-state index in [-0.39, 0.29) is 29.8 Å². The van der Waals surface area contributed by atoms with Crippen molar-refractivity contribution in [1.82, 2.24) is 10.2 Å². The van der Waals surface area contributed by atoms with Gasteiger partial charge in [-0.3, -0.25) is 13.9 Å². The summed E-state index contributed by atoms with van der Waals surface area (Å²) in [5, 5.41) is 3.85. The molecule has 7 nitrogen and oxygen atoms in total. The Kier molecular flexibility index (Phi) is 11.3. The number of nitrogens with one attached hydrogen (secondary N) is 1. The predicted octanol–water partition coefficient (Wildman–Crippen LogP) is 7.50. The minimum absolute atomic E-state index is 0.00679. The molecule has 1 saturated carbocycles. The Hall–Kier alpha value is -3.85. The maximum absolute atomic E-state index is 14.7. The molecule has 0 bridgehead atoms. The highest BCUT2D eigenvalue weighted by molar-refractivity contribution is 7.92. The lowest BCUT2D eigenvalue weighted by molar-refractivity contribution is -0.140. The molecule has 246 valence electrons. The molecule has 1 unspecified atom stereocenters. The van der Waals surface area contributed by atoms with E-state index in [1.165, 1.54) is 17.0 Å². The largest absolute Gasteiger partial charge is 0.352 e. The highest BCUT2D eigenvalue weighted by atomic mass is 35.5. The lowest BCUT2D eigenvalue weighted by Crippen LogP contribution is -2.54. The summed E-state index contributed by atoms with van der Waals surface area (Å²) in [4.78, 5) is 30.3. The van der Waals surface area contributed by atoms with E-state index in [1.54, 1.807) is 48.5 Å². The maximum atomic E-state index is 14.7. The first-order chi connectivity index (χ1) is 22.5. The van der Waals surface area contributed by atoms with Gasteiger partial charge in [0.2, 0.25) is 11.8 Å². The van der Waals surface area contributed by atoms with Crippen molar-refractivity contribution in [2.24, 2.45) is 0 Å². The second-order valence-electron chi connectivity index (χ2n) is 12.1. The molecule has 0 aromatic heterocycles. The van der Waals surface area contributed by atoms with Crippen molar-refractivity contribution in [3.63, 3.8) is 0 Å². The van der Waals surface area contributed by atoms with Crippen LogP contribution in [0.4, 0.5) is 5.69 Å². The normalized spacial score (nSPS) is 14.0. The number of aryl methyl sites for hydroxylation is 2. The number of benzene rings is 4. The topological polar surface area (TPSA) is 86.8 Å². The second kappa shape index (κ2) is 15.4. The number of amides is 2. The molecule has 0 heterocycles. The Morgan fingerprint density at radius 3 is 2.11 bits per heavy atom. The maximum Gasteiger partial charge on any atom is 0.264 e. The lowest BCUT2D eigenvalue weighted by atomic mass is 10.0. The van der Waals surface area contributed by atoms with Crippen LogP contribution in [0.5, 0.6) is 0 Å². The van der Waals surface area contributed by atoms with Crippen molar-refractivity contribution in [3.8, 4) is 0 Å². The molecular weight excluding hydrogens is 653 g/mol.